The van der Waals surface area contributed by atoms with Crippen molar-refractivity contribution in [3.8, 4) is 6.07 Å². The molecule has 7 atom stereocenters. The Bertz CT molecular complexity index is 757. The Morgan fingerprint density at radius 1 is 1.32 bits per heavy atom. The minimum Gasteiger partial charge on any atom is -0.444 e. The van der Waals surface area contributed by atoms with E-state index in [1.807, 2.05) is 13.8 Å². The molecule has 2 saturated carbocycles. The summed E-state index contributed by atoms with van der Waals surface area (Å²) in [7, 11) is 0. The number of nitriles is 1. The molecule has 1 heterocycles. The molecule has 5 unspecified atom stereocenters. The number of rotatable bonds is 4. The number of hydrogen-bond acceptors (Lipinski definition) is 5. The Kier molecular flexibility index (Phi) is 6.36. The van der Waals surface area contributed by atoms with Crippen LogP contribution in [0.1, 0.15) is 86.5 Å². The lowest BCUT2D eigenvalue weighted by Gasteiger charge is -2.49. The van der Waals surface area contributed by atoms with Crippen LogP contribution in [0.3, 0.4) is 0 Å². The van der Waals surface area contributed by atoms with E-state index in [0.717, 1.165) is 25.7 Å². The normalized spacial score (nSPS) is 38.5. The molecular formula is C24H39N3O4. The van der Waals surface area contributed by atoms with Crippen LogP contribution in [0.25, 0.3) is 0 Å². The molecule has 3 aliphatic rings. The van der Waals surface area contributed by atoms with Crippen LogP contribution in [0.5, 0.6) is 0 Å². The summed E-state index contributed by atoms with van der Waals surface area (Å²) in [6, 6.07) is 0.867. The summed E-state index contributed by atoms with van der Waals surface area (Å²) in [6.45, 7) is 11.4. The number of fused-ring (bicyclic) bond motifs is 2. The first-order valence-corrected chi connectivity index (χ1v) is 11.8. The quantitative estimate of drug-likeness (QED) is 0.703. The molecule has 2 N–H and O–H groups in total. The lowest BCUT2D eigenvalue weighted by molar-refractivity contribution is -0.143. The van der Waals surface area contributed by atoms with E-state index in [1.165, 1.54) is 0 Å². The monoisotopic (exact) mass is 433 g/mol. The molecule has 174 valence electrons. The van der Waals surface area contributed by atoms with Gasteiger partial charge in [-0.2, -0.15) is 5.26 Å². The van der Waals surface area contributed by atoms with Crippen molar-refractivity contribution < 1.29 is 19.4 Å². The first kappa shape index (κ1) is 23.8. The van der Waals surface area contributed by atoms with Crippen LogP contribution < -0.4 is 5.32 Å². The molecule has 0 aromatic heterocycles. The van der Waals surface area contributed by atoms with Crippen LogP contribution >= 0.6 is 0 Å². The molecule has 0 spiro atoms. The number of carbonyl (C=O) groups excluding carboxylic acids is 2. The van der Waals surface area contributed by atoms with Gasteiger partial charge in [-0.3, -0.25) is 4.79 Å². The van der Waals surface area contributed by atoms with Gasteiger partial charge in [0.25, 0.3) is 0 Å². The van der Waals surface area contributed by atoms with Crippen molar-refractivity contribution in [1.29, 1.82) is 5.26 Å². The van der Waals surface area contributed by atoms with Gasteiger partial charge in [-0.25, -0.2) is 4.79 Å². The highest BCUT2D eigenvalue weighted by atomic mass is 16.6. The molecule has 1 aliphatic heterocycles. The average molecular weight is 434 g/mol. The fourth-order valence-electron chi connectivity index (χ4n) is 6.29. The van der Waals surface area contributed by atoms with Gasteiger partial charge >= 0.3 is 6.09 Å². The van der Waals surface area contributed by atoms with Crippen molar-refractivity contribution in [1.82, 2.24) is 10.2 Å². The van der Waals surface area contributed by atoms with Gasteiger partial charge in [0.15, 0.2) is 0 Å². The zero-order chi connectivity index (χ0) is 23.2. The molecule has 3 rings (SSSR count). The summed E-state index contributed by atoms with van der Waals surface area (Å²) < 4.78 is 5.51. The van der Waals surface area contributed by atoms with Gasteiger partial charge in [0, 0.05) is 11.5 Å². The number of likely N-dealkylation sites (tertiary alicyclic amines) is 1. The molecule has 3 fully saturated rings. The molecule has 1 saturated heterocycles. The Morgan fingerprint density at radius 2 is 2.00 bits per heavy atom. The molecule has 31 heavy (non-hydrogen) atoms. The van der Waals surface area contributed by atoms with Crippen LogP contribution in [-0.2, 0) is 9.53 Å². The summed E-state index contributed by atoms with van der Waals surface area (Å²) in [4.78, 5) is 28.5. The fraction of sp³-hybridized carbons (Fsp3) is 0.875. The zero-order valence-corrected chi connectivity index (χ0v) is 19.9. The minimum absolute atomic E-state index is 0.0857. The van der Waals surface area contributed by atoms with Crippen molar-refractivity contribution in [2.75, 3.05) is 0 Å². The highest BCUT2D eigenvalue weighted by Crippen LogP contribution is 2.56. The number of nitrogens with one attached hydrogen (secondary N) is 1. The van der Waals surface area contributed by atoms with E-state index in [4.69, 9.17) is 4.74 Å². The topological polar surface area (TPSA) is 103 Å². The van der Waals surface area contributed by atoms with Crippen molar-refractivity contribution in [3.05, 3.63) is 0 Å². The Labute approximate surface area is 186 Å². The van der Waals surface area contributed by atoms with Crippen molar-refractivity contribution >= 4 is 12.0 Å². The highest BCUT2D eigenvalue weighted by Gasteiger charge is 2.57. The predicted octanol–water partition coefficient (Wildman–Crippen LogP) is 3.75. The smallest absolute Gasteiger partial charge is 0.408 e. The summed E-state index contributed by atoms with van der Waals surface area (Å²) in [5.74, 6) is 0.331. The van der Waals surface area contributed by atoms with E-state index in [1.54, 1.807) is 25.7 Å². The number of nitrogens with zero attached hydrogens (tertiary/aromatic N) is 2. The number of hydrogen-bond donors (Lipinski definition) is 2. The maximum absolute atomic E-state index is 14.0. The maximum atomic E-state index is 14.0. The number of carbonyl (C=O) groups is 2. The summed E-state index contributed by atoms with van der Waals surface area (Å²) >= 11 is 0. The molecule has 2 bridgehead atoms. The van der Waals surface area contributed by atoms with Gasteiger partial charge in [0.2, 0.25) is 5.91 Å². The zero-order valence-electron chi connectivity index (χ0n) is 19.9. The second kappa shape index (κ2) is 8.27. The second-order valence-corrected chi connectivity index (χ2v) is 11.4. The predicted molar refractivity (Wildman–Crippen MR) is 117 cm³/mol. The second-order valence-electron chi connectivity index (χ2n) is 11.4. The summed E-state index contributed by atoms with van der Waals surface area (Å²) in [5.41, 5.74) is -2.04. The van der Waals surface area contributed by atoms with Gasteiger partial charge in [-0.15, -0.1) is 0 Å². The van der Waals surface area contributed by atoms with E-state index in [2.05, 4.69) is 18.3 Å². The third-order valence-corrected chi connectivity index (χ3v) is 7.88. The van der Waals surface area contributed by atoms with Gasteiger partial charge < -0.3 is 20.1 Å². The number of alkyl carbamates (subject to hydrolysis) is 1. The lowest BCUT2D eigenvalue weighted by Crippen LogP contribution is -2.62. The Hall–Kier alpha value is -1.81. The van der Waals surface area contributed by atoms with Gasteiger partial charge in [0.05, 0.1) is 11.7 Å². The van der Waals surface area contributed by atoms with Crippen LogP contribution in [0.2, 0.25) is 0 Å². The number of ether oxygens (including phenoxy) is 1. The first-order chi connectivity index (χ1) is 14.3. The van der Waals surface area contributed by atoms with E-state index < -0.39 is 34.8 Å². The summed E-state index contributed by atoms with van der Waals surface area (Å²) in [5, 5.41) is 23.8. The highest BCUT2D eigenvalue weighted by molar-refractivity contribution is 5.87. The Balaban J connectivity index is 1.97. The van der Waals surface area contributed by atoms with E-state index >= 15 is 0 Å². The van der Waals surface area contributed by atoms with Crippen molar-refractivity contribution in [2.24, 2.45) is 17.3 Å². The average Bonchev–Trinajstić information content (AvgIpc) is 3.12. The third-order valence-electron chi connectivity index (χ3n) is 7.88. The largest absolute Gasteiger partial charge is 0.444 e. The number of amides is 2. The SMILES string of the molecule is CCC1([C@H](NC(=O)OC(C)(C)C)C(=O)N2C(C)C(C)C[C@H]2C#N)CC2CCC(O)(C2)C1. The fourth-order valence-corrected chi connectivity index (χ4v) is 6.29. The van der Waals surface area contributed by atoms with Gasteiger partial charge in [0.1, 0.15) is 17.7 Å². The van der Waals surface area contributed by atoms with Gasteiger partial charge in [-0.05, 0) is 84.5 Å². The molecule has 0 radical (unpaired) electrons. The molecule has 2 amide bonds. The summed E-state index contributed by atoms with van der Waals surface area (Å²) in [6.07, 6.45) is 4.38. The van der Waals surface area contributed by atoms with Crippen LogP contribution in [-0.4, -0.2) is 51.3 Å². The molecule has 0 aromatic rings. The first-order valence-electron chi connectivity index (χ1n) is 11.8. The van der Waals surface area contributed by atoms with Crippen molar-refractivity contribution in [3.63, 3.8) is 0 Å². The molecule has 7 heteroatoms. The van der Waals surface area contributed by atoms with Gasteiger partial charge in [-0.1, -0.05) is 13.8 Å². The lowest BCUT2D eigenvalue weighted by atomic mass is 9.61. The third kappa shape index (κ3) is 4.69. The van der Waals surface area contributed by atoms with Crippen LogP contribution in [0, 0.1) is 28.6 Å². The molecular weight excluding hydrogens is 394 g/mol. The Morgan fingerprint density at radius 3 is 2.55 bits per heavy atom. The molecule has 0 aromatic carbocycles. The molecule has 2 aliphatic carbocycles. The van der Waals surface area contributed by atoms with Crippen molar-refractivity contribution in [2.45, 2.75) is 116 Å². The maximum Gasteiger partial charge on any atom is 0.408 e. The van der Waals surface area contributed by atoms with Crippen LogP contribution in [0.4, 0.5) is 4.79 Å². The van der Waals surface area contributed by atoms with E-state index in [-0.39, 0.29) is 17.9 Å². The van der Waals surface area contributed by atoms with Crippen LogP contribution in [0.15, 0.2) is 0 Å². The van der Waals surface area contributed by atoms with E-state index in [0.29, 0.717) is 25.2 Å². The number of aliphatic hydroxyl groups is 1. The van der Waals surface area contributed by atoms with E-state index in [9.17, 15) is 20.0 Å². The minimum atomic E-state index is -0.830. The molecule has 7 nitrogen and oxygen atoms in total. The standard InChI is InChI=1S/C24H39N3O4/c1-7-23(11-17-8-9-24(30,12-17)14-23)19(26-21(29)31-22(4,5)6)20(28)27-16(3)15(2)10-18(27)13-25/h15-19,30H,7-12,14H2,1-6H3,(H,26,29)/t15?,16?,17?,18-,19+,23?,24?/m0/s1.